The minimum Gasteiger partial charge on any atom is -0.375 e. The van der Waals surface area contributed by atoms with Crippen LogP contribution in [-0.4, -0.2) is 25.6 Å². The van der Waals surface area contributed by atoms with Crippen molar-refractivity contribution in [3.63, 3.8) is 0 Å². The Morgan fingerprint density at radius 1 is 1.42 bits per heavy atom. The summed E-state index contributed by atoms with van der Waals surface area (Å²) >= 11 is 0. The molecule has 1 heterocycles. The zero-order chi connectivity index (χ0) is 13.7. The van der Waals surface area contributed by atoms with Crippen molar-refractivity contribution in [2.24, 2.45) is 5.92 Å². The molecule has 4 heteroatoms. The van der Waals surface area contributed by atoms with Gasteiger partial charge in [0.2, 0.25) is 5.91 Å². The molecule has 0 spiro atoms. The highest BCUT2D eigenvalue weighted by Crippen LogP contribution is 2.23. The number of hydrogen-bond acceptors (Lipinski definition) is 3. The fourth-order valence-corrected chi connectivity index (χ4v) is 2.15. The van der Waals surface area contributed by atoms with Crippen molar-refractivity contribution in [3.05, 3.63) is 35.4 Å². The van der Waals surface area contributed by atoms with Crippen molar-refractivity contribution in [3.8, 4) is 0 Å². The molecule has 0 fully saturated rings. The topological polar surface area (TPSA) is 50.4 Å². The second kappa shape index (κ2) is 6.68. The van der Waals surface area contributed by atoms with Gasteiger partial charge in [-0.2, -0.15) is 0 Å². The molecule has 0 radical (unpaired) electrons. The Morgan fingerprint density at radius 3 is 3.00 bits per heavy atom. The SMILES string of the molecule is CC(C)CNC(=O)CNC1COCc2ccccc21. The summed E-state index contributed by atoms with van der Waals surface area (Å²) in [6.07, 6.45) is 0. The van der Waals surface area contributed by atoms with Crippen LogP contribution < -0.4 is 10.6 Å². The van der Waals surface area contributed by atoms with E-state index >= 15 is 0 Å². The largest absolute Gasteiger partial charge is 0.375 e. The summed E-state index contributed by atoms with van der Waals surface area (Å²) in [5.74, 6) is 0.513. The van der Waals surface area contributed by atoms with Crippen molar-refractivity contribution >= 4 is 5.91 Å². The van der Waals surface area contributed by atoms with E-state index in [9.17, 15) is 4.79 Å². The first-order chi connectivity index (χ1) is 9.16. The summed E-state index contributed by atoms with van der Waals surface area (Å²) < 4.78 is 5.54. The van der Waals surface area contributed by atoms with Crippen LogP contribution in [0.4, 0.5) is 0 Å². The van der Waals surface area contributed by atoms with Crippen LogP contribution in [0.1, 0.15) is 31.0 Å². The van der Waals surface area contributed by atoms with Crippen LogP contribution in [0.15, 0.2) is 24.3 Å². The van der Waals surface area contributed by atoms with Gasteiger partial charge in [-0.1, -0.05) is 38.1 Å². The predicted octanol–water partition coefficient (Wildman–Crippen LogP) is 1.62. The van der Waals surface area contributed by atoms with E-state index in [0.717, 1.165) is 6.54 Å². The van der Waals surface area contributed by atoms with Crippen LogP contribution in [0.5, 0.6) is 0 Å². The molecule has 1 atom stereocenters. The average Bonchev–Trinajstić information content (AvgIpc) is 2.42. The molecule has 2 rings (SSSR count). The Kier molecular flexibility index (Phi) is 4.93. The van der Waals surface area contributed by atoms with Gasteiger partial charge in [-0.25, -0.2) is 0 Å². The molecule has 104 valence electrons. The number of hydrogen-bond donors (Lipinski definition) is 2. The molecule has 1 aliphatic heterocycles. The highest BCUT2D eigenvalue weighted by molar-refractivity contribution is 5.78. The molecule has 0 saturated carbocycles. The molecule has 0 saturated heterocycles. The fourth-order valence-electron chi connectivity index (χ4n) is 2.15. The maximum Gasteiger partial charge on any atom is 0.233 e. The first-order valence-electron chi connectivity index (χ1n) is 6.82. The third-order valence-corrected chi connectivity index (χ3v) is 3.19. The molecule has 4 nitrogen and oxygen atoms in total. The summed E-state index contributed by atoms with van der Waals surface area (Å²) in [4.78, 5) is 11.7. The Morgan fingerprint density at radius 2 is 2.21 bits per heavy atom. The van der Waals surface area contributed by atoms with Crippen LogP contribution in [0.2, 0.25) is 0 Å². The second-order valence-electron chi connectivity index (χ2n) is 5.35. The van der Waals surface area contributed by atoms with Gasteiger partial charge in [-0.15, -0.1) is 0 Å². The molecule has 19 heavy (non-hydrogen) atoms. The standard InChI is InChI=1S/C15H22N2O2/c1-11(2)7-17-15(18)8-16-14-10-19-9-12-5-3-4-6-13(12)14/h3-6,11,14,16H,7-10H2,1-2H3,(H,17,18). The van der Waals surface area contributed by atoms with Crippen LogP contribution in [-0.2, 0) is 16.1 Å². The van der Waals surface area contributed by atoms with Crippen LogP contribution in [0.25, 0.3) is 0 Å². The van der Waals surface area contributed by atoms with Crippen molar-refractivity contribution in [2.75, 3.05) is 19.7 Å². The molecular formula is C15H22N2O2. The van der Waals surface area contributed by atoms with Crippen molar-refractivity contribution in [1.29, 1.82) is 0 Å². The number of amides is 1. The quantitative estimate of drug-likeness (QED) is 0.848. The predicted molar refractivity (Wildman–Crippen MR) is 74.7 cm³/mol. The average molecular weight is 262 g/mol. The molecule has 1 aromatic carbocycles. The summed E-state index contributed by atoms with van der Waals surface area (Å²) in [7, 11) is 0. The van der Waals surface area contributed by atoms with Gasteiger partial charge >= 0.3 is 0 Å². The molecule has 2 N–H and O–H groups in total. The summed E-state index contributed by atoms with van der Waals surface area (Å²) in [5.41, 5.74) is 2.44. The minimum absolute atomic E-state index is 0.0387. The molecule has 1 unspecified atom stereocenters. The van der Waals surface area contributed by atoms with E-state index in [4.69, 9.17) is 4.74 Å². The lowest BCUT2D eigenvalue weighted by atomic mass is 9.99. The molecule has 0 aromatic heterocycles. The molecule has 1 amide bonds. The van der Waals surface area contributed by atoms with Gasteiger partial charge < -0.3 is 10.1 Å². The van der Waals surface area contributed by atoms with Crippen molar-refractivity contribution in [2.45, 2.75) is 26.5 Å². The zero-order valence-electron chi connectivity index (χ0n) is 11.6. The third kappa shape index (κ3) is 4.04. The Hall–Kier alpha value is -1.39. The number of carbonyl (C=O) groups excluding carboxylic acids is 1. The smallest absolute Gasteiger partial charge is 0.233 e. The van der Waals surface area contributed by atoms with Gasteiger partial charge in [0.15, 0.2) is 0 Å². The molecular weight excluding hydrogens is 240 g/mol. The highest BCUT2D eigenvalue weighted by Gasteiger charge is 2.20. The van der Waals surface area contributed by atoms with Crippen molar-refractivity contribution in [1.82, 2.24) is 10.6 Å². The van der Waals surface area contributed by atoms with E-state index in [2.05, 4.69) is 36.6 Å². The number of fused-ring (bicyclic) bond motifs is 1. The maximum absolute atomic E-state index is 11.7. The second-order valence-corrected chi connectivity index (χ2v) is 5.35. The first-order valence-corrected chi connectivity index (χ1v) is 6.82. The Balaban J connectivity index is 1.86. The minimum atomic E-state index is 0.0387. The monoisotopic (exact) mass is 262 g/mol. The van der Waals surface area contributed by atoms with Gasteiger partial charge in [0.25, 0.3) is 0 Å². The van der Waals surface area contributed by atoms with Crippen molar-refractivity contribution < 1.29 is 9.53 Å². The van der Waals surface area contributed by atoms with Crippen LogP contribution >= 0.6 is 0 Å². The van der Waals surface area contributed by atoms with E-state index < -0.39 is 0 Å². The van der Waals surface area contributed by atoms with Crippen LogP contribution in [0, 0.1) is 5.92 Å². The van der Waals surface area contributed by atoms with E-state index in [1.54, 1.807) is 0 Å². The van der Waals surface area contributed by atoms with Gasteiger partial charge in [0.05, 0.1) is 25.8 Å². The highest BCUT2D eigenvalue weighted by atomic mass is 16.5. The van der Waals surface area contributed by atoms with E-state index in [1.807, 2.05) is 12.1 Å². The van der Waals surface area contributed by atoms with E-state index in [-0.39, 0.29) is 11.9 Å². The van der Waals surface area contributed by atoms with Gasteiger partial charge in [-0.05, 0) is 17.0 Å². The van der Waals surface area contributed by atoms with Crippen LogP contribution in [0.3, 0.4) is 0 Å². The van der Waals surface area contributed by atoms with E-state index in [1.165, 1.54) is 11.1 Å². The molecule has 1 aromatic rings. The summed E-state index contributed by atoms with van der Waals surface area (Å²) in [5, 5.41) is 6.17. The number of carbonyl (C=O) groups is 1. The van der Waals surface area contributed by atoms with Gasteiger partial charge in [0, 0.05) is 6.54 Å². The lowest BCUT2D eigenvalue weighted by Gasteiger charge is -2.26. The van der Waals surface area contributed by atoms with E-state index in [0.29, 0.717) is 25.7 Å². The van der Waals surface area contributed by atoms with Gasteiger partial charge in [-0.3, -0.25) is 10.1 Å². The summed E-state index contributed by atoms with van der Waals surface area (Å²) in [6.45, 7) is 6.49. The zero-order valence-corrected chi connectivity index (χ0v) is 11.6. The Bertz CT molecular complexity index is 432. The number of rotatable bonds is 5. The summed E-state index contributed by atoms with van der Waals surface area (Å²) in [6, 6.07) is 8.32. The molecule has 0 aliphatic carbocycles. The lowest BCUT2D eigenvalue weighted by Crippen LogP contribution is -2.39. The third-order valence-electron chi connectivity index (χ3n) is 3.19. The fraction of sp³-hybridized carbons (Fsp3) is 0.533. The lowest BCUT2D eigenvalue weighted by molar-refractivity contribution is -0.120. The molecule has 0 bridgehead atoms. The first kappa shape index (κ1) is 14.0. The maximum atomic E-state index is 11.7. The van der Waals surface area contributed by atoms with Gasteiger partial charge in [0.1, 0.15) is 0 Å². The number of benzene rings is 1. The number of ether oxygens (including phenoxy) is 1. The molecule has 1 aliphatic rings. The number of nitrogens with one attached hydrogen (secondary N) is 2. The normalized spacial score (nSPS) is 18.2. The Labute approximate surface area is 114 Å².